The average Bonchev–Trinajstić information content (AvgIpc) is 2.89. The van der Waals surface area contributed by atoms with E-state index >= 15 is 0 Å². The first kappa shape index (κ1) is 14.7. The largest absolute Gasteiger partial charge is 0.494 e. The minimum absolute atomic E-state index is 0.0299. The van der Waals surface area contributed by atoms with E-state index in [1.54, 1.807) is 12.3 Å². The highest BCUT2D eigenvalue weighted by molar-refractivity contribution is 6.15. The maximum Gasteiger partial charge on any atom is 0.167 e. The van der Waals surface area contributed by atoms with Crippen molar-refractivity contribution in [2.24, 2.45) is 4.99 Å². The molecule has 0 saturated carbocycles. The highest BCUT2D eigenvalue weighted by Crippen LogP contribution is 2.36. The van der Waals surface area contributed by atoms with Crippen molar-refractivity contribution >= 4 is 11.4 Å². The van der Waals surface area contributed by atoms with Gasteiger partial charge in [0.25, 0.3) is 0 Å². The number of nitrogens with zero attached hydrogens (tertiary/aromatic N) is 3. The molecule has 1 aromatic heterocycles. The summed E-state index contributed by atoms with van der Waals surface area (Å²) in [6.07, 6.45) is 3.63. The third-order valence-electron chi connectivity index (χ3n) is 4.29. The molecule has 1 N–H and O–H groups in total. The summed E-state index contributed by atoms with van der Waals surface area (Å²) in [7, 11) is 1.46. The van der Waals surface area contributed by atoms with E-state index in [9.17, 15) is 4.39 Å². The predicted octanol–water partition coefficient (Wildman–Crippen LogP) is 2.68. The smallest absolute Gasteiger partial charge is 0.167 e. The Morgan fingerprint density at radius 1 is 1.33 bits per heavy atom. The van der Waals surface area contributed by atoms with Crippen LogP contribution in [-0.2, 0) is 0 Å². The van der Waals surface area contributed by atoms with Crippen LogP contribution in [0, 0.1) is 5.82 Å². The van der Waals surface area contributed by atoms with Crippen LogP contribution >= 0.6 is 0 Å². The van der Waals surface area contributed by atoms with Crippen LogP contribution in [0.25, 0.3) is 0 Å². The van der Waals surface area contributed by atoms with Gasteiger partial charge in [0.1, 0.15) is 6.17 Å². The van der Waals surface area contributed by atoms with Crippen LogP contribution in [0.3, 0.4) is 0 Å². The van der Waals surface area contributed by atoms with E-state index in [0.29, 0.717) is 6.54 Å². The summed E-state index contributed by atoms with van der Waals surface area (Å²) in [5.41, 5.74) is 4.09. The molecule has 0 radical (unpaired) electrons. The molecule has 6 heteroatoms. The zero-order valence-corrected chi connectivity index (χ0v) is 13.5. The molecule has 0 saturated heterocycles. The van der Waals surface area contributed by atoms with Crippen LogP contribution in [0.1, 0.15) is 18.2 Å². The minimum atomic E-state index is -0.392. The Hall–Kier alpha value is -2.89. The Balaban J connectivity index is 1.95. The van der Waals surface area contributed by atoms with Gasteiger partial charge in [0.15, 0.2) is 11.6 Å². The highest BCUT2D eigenvalue weighted by Gasteiger charge is 2.32. The molecule has 0 spiro atoms. The maximum absolute atomic E-state index is 14.4. The average molecular weight is 324 g/mol. The fourth-order valence-corrected chi connectivity index (χ4v) is 3.17. The maximum atomic E-state index is 14.4. The number of allylic oxidation sites excluding steroid dienone is 1. The molecule has 5 nitrogen and oxygen atoms in total. The van der Waals surface area contributed by atoms with Gasteiger partial charge in [-0.25, -0.2) is 4.39 Å². The Bertz CT molecular complexity index is 848. The molecule has 4 rings (SSSR count). The molecule has 2 aromatic rings. The van der Waals surface area contributed by atoms with Gasteiger partial charge >= 0.3 is 0 Å². The summed E-state index contributed by atoms with van der Waals surface area (Å²) in [6, 6.07) is 8.90. The van der Waals surface area contributed by atoms with Crippen LogP contribution in [0.4, 0.5) is 10.1 Å². The number of ether oxygens (including phenoxy) is 1. The van der Waals surface area contributed by atoms with Crippen molar-refractivity contribution in [3.8, 4) is 5.75 Å². The monoisotopic (exact) mass is 324 g/mol. The van der Waals surface area contributed by atoms with Crippen molar-refractivity contribution in [2.75, 3.05) is 18.6 Å². The molecule has 122 valence electrons. The number of benzene rings is 1. The molecule has 1 atom stereocenters. The number of hydrogen-bond donors (Lipinski definition) is 1. The first-order valence-electron chi connectivity index (χ1n) is 7.75. The summed E-state index contributed by atoms with van der Waals surface area (Å²) in [6.45, 7) is 2.53. The molecule has 3 heterocycles. The lowest BCUT2D eigenvalue weighted by Crippen LogP contribution is -2.38. The lowest BCUT2D eigenvalue weighted by Gasteiger charge is -2.27. The van der Waals surface area contributed by atoms with E-state index in [2.05, 4.69) is 15.2 Å². The number of aliphatic imine (C=N–C) groups is 1. The summed E-state index contributed by atoms with van der Waals surface area (Å²) in [5.74, 6) is -0.193. The van der Waals surface area contributed by atoms with Crippen molar-refractivity contribution < 1.29 is 9.13 Å². The van der Waals surface area contributed by atoms with Gasteiger partial charge in [0, 0.05) is 29.7 Å². The van der Waals surface area contributed by atoms with Gasteiger partial charge in [-0.15, -0.1) is 0 Å². The first-order chi connectivity index (χ1) is 11.7. The van der Waals surface area contributed by atoms with E-state index in [1.165, 1.54) is 13.2 Å². The zero-order valence-electron chi connectivity index (χ0n) is 13.5. The van der Waals surface area contributed by atoms with Crippen molar-refractivity contribution in [2.45, 2.75) is 13.1 Å². The van der Waals surface area contributed by atoms with Gasteiger partial charge in [-0.1, -0.05) is 6.07 Å². The van der Waals surface area contributed by atoms with Gasteiger partial charge in [0.05, 0.1) is 30.7 Å². The number of methoxy groups -OCH3 is 1. The molecule has 1 aromatic carbocycles. The minimum Gasteiger partial charge on any atom is -0.494 e. The molecular formula is C18H17FN4O. The predicted molar refractivity (Wildman–Crippen MR) is 90.9 cm³/mol. The number of rotatable bonds is 2. The Labute approximate surface area is 139 Å². The molecule has 1 unspecified atom stereocenters. The fourth-order valence-electron chi connectivity index (χ4n) is 3.17. The van der Waals surface area contributed by atoms with Gasteiger partial charge < -0.3 is 15.0 Å². The number of fused-ring (bicyclic) bond motifs is 3. The molecule has 0 aliphatic carbocycles. The Kier molecular flexibility index (Phi) is 3.45. The van der Waals surface area contributed by atoms with Crippen molar-refractivity contribution in [3.05, 3.63) is 65.5 Å². The number of nitrogens with one attached hydrogen (secondary N) is 1. The topological polar surface area (TPSA) is 49.8 Å². The normalized spacial score (nSPS) is 18.8. The fraction of sp³-hybridized carbons (Fsp3) is 0.222. The third-order valence-corrected chi connectivity index (χ3v) is 4.29. The second kappa shape index (κ2) is 5.63. The summed E-state index contributed by atoms with van der Waals surface area (Å²) < 4.78 is 19.6. The summed E-state index contributed by atoms with van der Waals surface area (Å²) >= 11 is 0. The molecule has 0 amide bonds. The first-order valence-corrected chi connectivity index (χ1v) is 7.75. The van der Waals surface area contributed by atoms with Crippen LogP contribution in [0.5, 0.6) is 5.75 Å². The standard InChI is InChI=1S/C18H17FN4O/c1-11-9-21-17-10-22-18(14-5-3-4-6-20-14)12-7-16(24-2)13(19)8-15(12)23(11)17/h3-9,17,21H,10H2,1-2H3. The van der Waals surface area contributed by atoms with Gasteiger partial charge in [-0.3, -0.25) is 9.98 Å². The van der Waals surface area contributed by atoms with E-state index in [4.69, 9.17) is 9.73 Å². The number of halogens is 1. The van der Waals surface area contributed by atoms with E-state index in [1.807, 2.05) is 31.3 Å². The van der Waals surface area contributed by atoms with E-state index in [0.717, 1.165) is 28.4 Å². The number of hydrogen-bond acceptors (Lipinski definition) is 5. The quantitative estimate of drug-likeness (QED) is 0.923. The highest BCUT2D eigenvalue weighted by atomic mass is 19.1. The molecule has 0 bridgehead atoms. The lowest BCUT2D eigenvalue weighted by atomic mass is 10.0. The van der Waals surface area contributed by atoms with Crippen LogP contribution in [-0.4, -0.2) is 30.5 Å². The van der Waals surface area contributed by atoms with Crippen molar-refractivity contribution in [1.82, 2.24) is 10.3 Å². The Morgan fingerprint density at radius 3 is 2.96 bits per heavy atom. The van der Waals surface area contributed by atoms with Crippen LogP contribution < -0.4 is 15.0 Å². The second-order valence-electron chi connectivity index (χ2n) is 5.75. The van der Waals surface area contributed by atoms with Crippen molar-refractivity contribution in [3.63, 3.8) is 0 Å². The van der Waals surface area contributed by atoms with E-state index < -0.39 is 5.82 Å². The third kappa shape index (κ3) is 2.22. The van der Waals surface area contributed by atoms with E-state index in [-0.39, 0.29) is 11.9 Å². The second-order valence-corrected chi connectivity index (χ2v) is 5.75. The lowest BCUT2D eigenvalue weighted by molar-refractivity contribution is 0.386. The van der Waals surface area contributed by atoms with Gasteiger partial charge in [0.2, 0.25) is 0 Å². The summed E-state index contributed by atoms with van der Waals surface area (Å²) in [5, 5.41) is 3.29. The SMILES string of the molecule is COc1cc2c(cc1F)N1C(C)=CNC1CN=C2c1ccccn1. The molecule has 2 aliphatic rings. The Morgan fingerprint density at radius 2 is 2.21 bits per heavy atom. The van der Waals surface area contributed by atoms with Gasteiger partial charge in [-0.05, 0) is 25.1 Å². The number of pyridine rings is 1. The molecule has 2 aliphatic heterocycles. The van der Waals surface area contributed by atoms with Crippen molar-refractivity contribution in [1.29, 1.82) is 0 Å². The number of anilines is 1. The molecule has 24 heavy (non-hydrogen) atoms. The zero-order chi connectivity index (χ0) is 16.7. The van der Waals surface area contributed by atoms with Crippen LogP contribution in [0.2, 0.25) is 0 Å². The number of aromatic nitrogens is 1. The summed E-state index contributed by atoms with van der Waals surface area (Å²) in [4.78, 5) is 11.2. The van der Waals surface area contributed by atoms with Gasteiger partial charge in [-0.2, -0.15) is 0 Å². The van der Waals surface area contributed by atoms with Crippen LogP contribution in [0.15, 0.2) is 53.4 Å². The molecular weight excluding hydrogens is 307 g/mol. The molecule has 0 fully saturated rings.